The van der Waals surface area contributed by atoms with Crippen LogP contribution in [0.2, 0.25) is 0 Å². The molecule has 0 bridgehead atoms. The third kappa shape index (κ3) is 7.59. The molecule has 0 aliphatic rings. The Morgan fingerprint density at radius 1 is 1.23 bits per heavy atom. The molecule has 2 amide bonds. The molecule has 78 valence electrons. The van der Waals surface area contributed by atoms with E-state index in [1.54, 1.807) is 0 Å². The van der Waals surface area contributed by atoms with Gasteiger partial charge in [-0.05, 0) is 33.4 Å². The monoisotopic (exact) mass is 187 g/mol. The molecular weight excluding hydrogens is 166 g/mol. The molecule has 0 fully saturated rings. The highest BCUT2D eigenvalue weighted by atomic mass is 16.2. The van der Waals surface area contributed by atoms with E-state index in [4.69, 9.17) is 0 Å². The maximum absolute atomic E-state index is 11.1. The molecule has 4 nitrogen and oxygen atoms in total. The second-order valence-corrected chi connectivity index (χ2v) is 3.67. The Kier molecular flexibility index (Phi) is 6.32. The fourth-order valence-corrected chi connectivity index (χ4v) is 1.00. The van der Waals surface area contributed by atoms with Crippen molar-refractivity contribution in [2.24, 2.45) is 5.92 Å². The molecule has 0 saturated carbocycles. The Morgan fingerprint density at radius 2 is 1.85 bits per heavy atom. The van der Waals surface area contributed by atoms with Crippen molar-refractivity contribution < 1.29 is 4.79 Å². The van der Waals surface area contributed by atoms with Gasteiger partial charge in [0.25, 0.3) is 0 Å². The summed E-state index contributed by atoms with van der Waals surface area (Å²) in [5.74, 6) is 0.461. The van der Waals surface area contributed by atoms with Gasteiger partial charge in [0.15, 0.2) is 0 Å². The predicted octanol–water partition coefficient (Wildman–Crippen LogP) is 0.550. The number of carbonyl (C=O) groups is 1. The van der Waals surface area contributed by atoms with Gasteiger partial charge in [-0.25, -0.2) is 4.79 Å². The molecule has 0 aromatic carbocycles. The average Bonchev–Trinajstić information content (AvgIpc) is 2.00. The summed E-state index contributed by atoms with van der Waals surface area (Å²) in [5.41, 5.74) is 0. The number of hydrogen-bond donors (Lipinski definition) is 3. The van der Waals surface area contributed by atoms with Crippen molar-refractivity contribution in [3.05, 3.63) is 0 Å². The summed E-state index contributed by atoms with van der Waals surface area (Å²) < 4.78 is 0. The van der Waals surface area contributed by atoms with Gasteiger partial charge in [-0.3, -0.25) is 0 Å². The third-order valence-corrected chi connectivity index (χ3v) is 1.58. The van der Waals surface area contributed by atoms with E-state index in [9.17, 15) is 4.79 Å². The van der Waals surface area contributed by atoms with Crippen LogP contribution in [0.5, 0.6) is 0 Å². The zero-order chi connectivity index (χ0) is 10.3. The first-order valence-corrected chi connectivity index (χ1v) is 4.75. The summed E-state index contributed by atoms with van der Waals surface area (Å²) in [6, 6.07) is 0.109. The number of hydrogen-bond acceptors (Lipinski definition) is 2. The Bertz CT molecular complexity index is 148. The fourth-order valence-electron chi connectivity index (χ4n) is 1.00. The van der Waals surface area contributed by atoms with Gasteiger partial charge in [0, 0.05) is 12.6 Å². The summed E-state index contributed by atoms with van der Waals surface area (Å²) in [7, 11) is 1.91. The van der Waals surface area contributed by atoms with E-state index in [1.807, 2.05) is 20.9 Å². The predicted molar refractivity (Wildman–Crippen MR) is 54.8 cm³/mol. The normalized spacial score (nSPS) is 12.7. The molecule has 0 aromatic heterocycles. The highest BCUT2D eigenvalue weighted by Crippen LogP contribution is 1.88. The van der Waals surface area contributed by atoms with Crippen LogP contribution in [-0.4, -0.2) is 32.2 Å². The van der Waals surface area contributed by atoms with Crippen molar-refractivity contribution in [1.82, 2.24) is 16.0 Å². The standard InChI is InChI=1S/C9H21N3O/c1-7(2)12-9(13)11-6-8(3)5-10-4/h7-8,10H,5-6H2,1-4H3,(H2,11,12,13). The zero-order valence-electron chi connectivity index (χ0n) is 8.98. The van der Waals surface area contributed by atoms with Gasteiger partial charge >= 0.3 is 6.03 Å². The van der Waals surface area contributed by atoms with Crippen LogP contribution in [-0.2, 0) is 0 Å². The number of rotatable bonds is 5. The summed E-state index contributed by atoms with van der Waals surface area (Å²) in [6.07, 6.45) is 0. The summed E-state index contributed by atoms with van der Waals surface area (Å²) in [6.45, 7) is 7.60. The van der Waals surface area contributed by atoms with E-state index >= 15 is 0 Å². The lowest BCUT2D eigenvalue weighted by Gasteiger charge is -2.13. The molecule has 0 saturated heterocycles. The molecule has 1 atom stereocenters. The van der Waals surface area contributed by atoms with Crippen LogP contribution in [0.3, 0.4) is 0 Å². The fraction of sp³-hybridized carbons (Fsp3) is 0.889. The van der Waals surface area contributed by atoms with E-state index in [0.29, 0.717) is 12.5 Å². The van der Waals surface area contributed by atoms with Crippen LogP contribution in [0.1, 0.15) is 20.8 Å². The number of urea groups is 1. The molecule has 0 rings (SSSR count). The van der Waals surface area contributed by atoms with E-state index in [-0.39, 0.29) is 12.1 Å². The largest absolute Gasteiger partial charge is 0.338 e. The second kappa shape index (κ2) is 6.71. The lowest BCUT2D eigenvalue weighted by Crippen LogP contribution is -2.42. The molecule has 0 radical (unpaired) electrons. The summed E-state index contributed by atoms with van der Waals surface area (Å²) >= 11 is 0. The van der Waals surface area contributed by atoms with Gasteiger partial charge in [-0.2, -0.15) is 0 Å². The molecule has 3 N–H and O–H groups in total. The van der Waals surface area contributed by atoms with Crippen molar-refractivity contribution >= 4 is 6.03 Å². The zero-order valence-corrected chi connectivity index (χ0v) is 8.98. The van der Waals surface area contributed by atoms with Crippen LogP contribution in [0, 0.1) is 5.92 Å². The number of carbonyl (C=O) groups excluding carboxylic acids is 1. The minimum Gasteiger partial charge on any atom is -0.338 e. The highest BCUT2D eigenvalue weighted by molar-refractivity contribution is 5.74. The molecule has 4 heteroatoms. The van der Waals surface area contributed by atoms with Gasteiger partial charge in [-0.1, -0.05) is 6.92 Å². The molecule has 0 aliphatic carbocycles. The minimum absolute atomic E-state index is 0.0852. The maximum atomic E-state index is 11.1. The molecule has 1 unspecified atom stereocenters. The van der Waals surface area contributed by atoms with Crippen LogP contribution in [0.15, 0.2) is 0 Å². The molecule has 13 heavy (non-hydrogen) atoms. The summed E-state index contributed by atoms with van der Waals surface area (Å²) in [5, 5.41) is 8.64. The van der Waals surface area contributed by atoms with Crippen molar-refractivity contribution in [1.29, 1.82) is 0 Å². The molecular formula is C9H21N3O. The Morgan fingerprint density at radius 3 is 2.31 bits per heavy atom. The lowest BCUT2D eigenvalue weighted by molar-refractivity contribution is 0.237. The molecule has 0 spiro atoms. The quantitative estimate of drug-likeness (QED) is 0.588. The smallest absolute Gasteiger partial charge is 0.314 e. The van der Waals surface area contributed by atoms with Crippen LogP contribution in [0.4, 0.5) is 4.79 Å². The van der Waals surface area contributed by atoms with Gasteiger partial charge in [-0.15, -0.1) is 0 Å². The van der Waals surface area contributed by atoms with E-state index < -0.39 is 0 Å². The first-order chi connectivity index (χ1) is 6.06. The Balaban J connectivity index is 3.46. The van der Waals surface area contributed by atoms with Crippen molar-refractivity contribution in [3.8, 4) is 0 Å². The van der Waals surface area contributed by atoms with Crippen LogP contribution < -0.4 is 16.0 Å². The average molecular weight is 187 g/mol. The van der Waals surface area contributed by atoms with Crippen molar-refractivity contribution in [2.45, 2.75) is 26.8 Å². The van der Waals surface area contributed by atoms with E-state index in [1.165, 1.54) is 0 Å². The highest BCUT2D eigenvalue weighted by Gasteiger charge is 2.04. The number of amides is 2. The topological polar surface area (TPSA) is 53.2 Å². The Labute approximate surface area is 80.5 Å². The molecule has 0 aliphatic heterocycles. The van der Waals surface area contributed by atoms with Gasteiger partial charge in [0.1, 0.15) is 0 Å². The van der Waals surface area contributed by atoms with Crippen LogP contribution >= 0.6 is 0 Å². The van der Waals surface area contributed by atoms with Gasteiger partial charge < -0.3 is 16.0 Å². The first-order valence-electron chi connectivity index (χ1n) is 4.75. The van der Waals surface area contributed by atoms with Gasteiger partial charge in [0.05, 0.1) is 0 Å². The minimum atomic E-state index is -0.0852. The second-order valence-electron chi connectivity index (χ2n) is 3.67. The Hall–Kier alpha value is -0.770. The molecule has 0 aromatic rings. The van der Waals surface area contributed by atoms with E-state index in [2.05, 4.69) is 22.9 Å². The lowest BCUT2D eigenvalue weighted by atomic mass is 10.2. The number of nitrogens with one attached hydrogen (secondary N) is 3. The van der Waals surface area contributed by atoms with Gasteiger partial charge in [0.2, 0.25) is 0 Å². The first kappa shape index (κ1) is 12.2. The van der Waals surface area contributed by atoms with Crippen LogP contribution in [0.25, 0.3) is 0 Å². The van der Waals surface area contributed by atoms with Crippen molar-refractivity contribution in [2.75, 3.05) is 20.1 Å². The van der Waals surface area contributed by atoms with E-state index in [0.717, 1.165) is 6.54 Å². The van der Waals surface area contributed by atoms with Crippen molar-refractivity contribution in [3.63, 3.8) is 0 Å². The SMILES string of the molecule is CNCC(C)CNC(=O)NC(C)C. The molecule has 0 heterocycles. The third-order valence-electron chi connectivity index (χ3n) is 1.58. The maximum Gasteiger partial charge on any atom is 0.314 e. The summed E-state index contributed by atoms with van der Waals surface area (Å²) in [4.78, 5) is 11.1.